The highest BCUT2D eigenvalue weighted by Crippen LogP contribution is 2.35. The maximum atomic E-state index is 10.8. The van der Waals surface area contributed by atoms with Crippen molar-refractivity contribution in [3.63, 3.8) is 0 Å². The minimum absolute atomic E-state index is 0. The molecule has 0 bridgehead atoms. The van der Waals surface area contributed by atoms with Gasteiger partial charge in [-0.15, -0.1) is 0 Å². The van der Waals surface area contributed by atoms with E-state index in [1.807, 2.05) is 0 Å². The Hall–Kier alpha value is -0.880. The third-order valence-electron chi connectivity index (χ3n) is 1.62. The summed E-state index contributed by atoms with van der Waals surface area (Å²) in [5, 5.41) is 8.34. The van der Waals surface area contributed by atoms with Crippen molar-refractivity contribution in [3.8, 4) is 5.75 Å². The minimum Gasteiger partial charge on any atom is -1.00 e. The van der Waals surface area contributed by atoms with Gasteiger partial charge in [-0.1, -0.05) is 11.6 Å². The second-order valence-electron chi connectivity index (χ2n) is 2.53. The first-order chi connectivity index (χ1) is 6.90. The molecule has 0 aliphatic carbocycles. The van der Waals surface area contributed by atoms with Gasteiger partial charge in [0.15, 0.2) is 4.98 Å². The molecule has 0 heterocycles. The molecule has 0 atom stereocenters. The molecule has 0 saturated carbocycles. The molecule has 0 fully saturated rings. The van der Waals surface area contributed by atoms with Crippen LogP contribution in [0.25, 0.3) is 4.98 Å². The van der Waals surface area contributed by atoms with Gasteiger partial charge < -0.3 is 21.7 Å². The van der Waals surface area contributed by atoms with Crippen LogP contribution in [0.5, 0.6) is 5.75 Å². The van der Waals surface area contributed by atoms with Crippen molar-refractivity contribution in [1.82, 2.24) is 0 Å². The van der Waals surface area contributed by atoms with Gasteiger partial charge in [0.2, 0.25) is 11.1 Å². The molecular formula is C7H6BrClN2O4S. The van der Waals surface area contributed by atoms with E-state index in [2.05, 4.69) is 4.98 Å². The molecule has 6 nitrogen and oxygen atoms in total. The van der Waals surface area contributed by atoms with Gasteiger partial charge in [-0.25, -0.2) is 0 Å². The van der Waals surface area contributed by atoms with E-state index in [-0.39, 0.29) is 33.4 Å². The predicted molar refractivity (Wildman–Crippen MR) is 52.6 cm³/mol. The molecule has 0 spiro atoms. The molecule has 9 heteroatoms. The van der Waals surface area contributed by atoms with Crippen LogP contribution >= 0.6 is 11.6 Å². The van der Waals surface area contributed by atoms with Gasteiger partial charge in [0.1, 0.15) is 4.90 Å². The first kappa shape index (κ1) is 15.1. The monoisotopic (exact) mass is 328 g/mol. The Bertz CT molecular complexity index is 540. The molecule has 1 aromatic carbocycles. The van der Waals surface area contributed by atoms with Gasteiger partial charge in [0.25, 0.3) is 10.1 Å². The molecule has 0 amide bonds. The maximum absolute atomic E-state index is 10.8. The molecule has 16 heavy (non-hydrogen) atoms. The van der Waals surface area contributed by atoms with Crippen LogP contribution in [0.15, 0.2) is 17.0 Å². The van der Waals surface area contributed by atoms with Gasteiger partial charge in [-0.3, -0.25) is 4.55 Å². The molecule has 0 radical (unpaired) electrons. The fourth-order valence-corrected chi connectivity index (χ4v) is 1.98. The van der Waals surface area contributed by atoms with Crippen molar-refractivity contribution in [2.45, 2.75) is 4.90 Å². The second-order valence-corrected chi connectivity index (χ2v) is 4.33. The summed E-state index contributed by atoms with van der Waals surface area (Å²) in [7, 11) is -3.15. The van der Waals surface area contributed by atoms with E-state index in [1.165, 1.54) is 7.11 Å². The molecule has 0 aliphatic heterocycles. The molecule has 1 aromatic rings. The highest BCUT2D eigenvalue weighted by Gasteiger charge is 2.24. The molecule has 0 aromatic heterocycles. The first-order valence-electron chi connectivity index (χ1n) is 3.60. The van der Waals surface area contributed by atoms with Crippen molar-refractivity contribution in [1.29, 1.82) is 5.39 Å². The van der Waals surface area contributed by atoms with E-state index in [0.29, 0.717) is 0 Å². The molecular weight excluding hydrogens is 324 g/mol. The van der Waals surface area contributed by atoms with Crippen molar-refractivity contribution in [2.75, 3.05) is 7.11 Å². The van der Waals surface area contributed by atoms with Crippen LogP contribution in [0.4, 0.5) is 5.69 Å². The molecule has 0 unspecified atom stereocenters. The number of benzene rings is 1. The third kappa shape index (κ3) is 3.05. The van der Waals surface area contributed by atoms with Crippen LogP contribution in [-0.4, -0.2) is 20.1 Å². The van der Waals surface area contributed by atoms with Crippen molar-refractivity contribution in [2.24, 2.45) is 0 Å². The van der Waals surface area contributed by atoms with Crippen LogP contribution in [0, 0.1) is 5.39 Å². The minimum atomic E-state index is -4.45. The van der Waals surface area contributed by atoms with Crippen LogP contribution in [0.2, 0.25) is 5.02 Å². The largest absolute Gasteiger partial charge is 1.00 e. The SMILES string of the molecule is COc1cc(Cl)c(S(=O)(=O)O)cc1[N+]#N.[Br-]. The summed E-state index contributed by atoms with van der Waals surface area (Å²) in [5.41, 5.74) is -0.144. The van der Waals surface area contributed by atoms with Gasteiger partial charge >= 0.3 is 5.69 Å². The normalized spacial score (nSPS) is 10.1. The fourth-order valence-electron chi connectivity index (χ4n) is 0.964. The van der Waals surface area contributed by atoms with Gasteiger partial charge in [-0.05, 0) is 0 Å². The average molecular weight is 330 g/mol. The zero-order valence-electron chi connectivity index (χ0n) is 7.89. The van der Waals surface area contributed by atoms with E-state index in [0.717, 1.165) is 12.1 Å². The van der Waals surface area contributed by atoms with Crippen LogP contribution < -0.4 is 21.7 Å². The Morgan fingerprint density at radius 2 is 2.06 bits per heavy atom. The fraction of sp³-hybridized carbons (Fsp3) is 0.143. The maximum Gasteiger partial charge on any atom is 0.427 e. The van der Waals surface area contributed by atoms with E-state index in [1.54, 1.807) is 0 Å². The Morgan fingerprint density at radius 3 is 2.44 bits per heavy atom. The second kappa shape index (κ2) is 5.45. The van der Waals surface area contributed by atoms with Gasteiger partial charge in [-0.2, -0.15) is 8.42 Å². The zero-order chi connectivity index (χ0) is 11.6. The number of halogens is 2. The standard InChI is InChI=1S/C7H5ClN2O4S.BrH/c1-14-6-2-4(8)7(15(11,12)13)3-5(6)10-9;/h2-3H,1H3;1H. The highest BCUT2D eigenvalue weighted by atomic mass is 79.9. The zero-order valence-corrected chi connectivity index (χ0v) is 11.0. The molecule has 1 rings (SSSR count). The van der Waals surface area contributed by atoms with Crippen LogP contribution in [0.1, 0.15) is 0 Å². The van der Waals surface area contributed by atoms with Crippen molar-refractivity contribution >= 4 is 27.4 Å². The van der Waals surface area contributed by atoms with Gasteiger partial charge in [0.05, 0.1) is 18.2 Å². The van der Waals surface area contributed by atoms with Crippen LogP contribution in [0.3, 0.4) is 0 Å². The molecule has 0 aliphatic rings. The number of hydrogen-bond acceptors (Lipinski definition) is 4. The lowest BCUT2D eigenvalue weighted by Crippen LogP contribution is -3.00. The molecule has 1 N–H and O–H groups in total. The van der Waals surface area contributed by atoms with E-state index in [9.17, 15) is 8.42 Å². The summed E-state index contributed by atoms with van der Waals surface area (Å²) >= 11 is 5.58. The van der Waals surface area contributed by atoms with Crippen molar-refractivity contribution in [3.05, 3.63) is 22.1 Å². The number of diazo groups is 1. The summed E-state index contributed by atoms with van der Waals surface area (Å²) in [5.74, 6) is 0.0925. The Kier molecular flexibility index (Phi) is 5.15. The third-order valence-corrected chi connectivity index (χ3v) is 2.94. The lowest BCUT2D eigenvalue weighted by atomic mass is 10.3. The number of nitrogens with zero attached hydrogens (tertiary/aromatic N) is 2. The van der Waals surface area contributed by atoms with E-state index >= 15 is 0 Å². The van der Waals surface area contributed by atoms with E-state index in [4.69, 9.17) is 26.3 Å². The number of methoxy groups -OCH3 is 1. The topological polar surface area (TPSA) is 91.8 Å². The molecule has 88 valence electrons. The predicted octanol–water partition coefficient (Wildman–Crippen LogP) is -0.916. The first-order valence-corrected chi connectivity index (χ1v) is 5.42. The summed E-state index contributed by atoms with van der Waals surface area (Å²) in [6.07, 6.45) is 0. The molecule has 0 saturated heterocycles. The Labute approximate surface area is 107 Å². The Balaban J connectivity index is 0.00000225. The van der Waals surface area contributed by atoms with Crippen molar-refractivity contribution < 1.29 is 34.7 Å². The highest BCUT2D eigenvalue weighted by molar-refractivity contribution is 7.86. The Morgan fingerprint density at radius 1 is 1.50 bits per heavy atom. The lowest BCUT2D eigenvalue weighted by molar-refractivity contribution is -0.00000767. The van der Waals surface area contributed by atoms with Gasteiger partial charge in [0, 0.05) is 6.07 Å². The number of ether oxygens (including phenoxy) is 1. The van der Waals surface area contributed by atoms with Crippen LogP contribution in [-0.2, 0) is 10.1 Å². The summed E-state index contributed by atoms with van der Waals surface area (Å²) in [6.45, 7) is 0. The summed E-state index contributed by atoms with van der Waals surface area (Å²) in [4.78, 5) is 2.25. The lowest BCUT2D eigenvalue weighted by Gasteiger charge is -2.01. The average Bonchev–Trinajstić information content (AvgIpc) is 2.15. The van der Waals surface area contributed by atoms with E-state index < -0.39 is 15.0 Å². The quantitative estimate of drug-likeness (QED) is 0.560. The summed E-state index contributed by atoms with van der Waals surface area (Å²) < 4.78 is 35.2. The smallest absolute Gasteiger partial charge is 0.427 e. The number of hydrogen-bond donors (Lipinski definition) is 1. The number of rotatable bonds is 2. The summed E-state index contributed by atoms with van der Waals surface area (Å²) in [6, 6.07) is 2.02.